The Bertz CT molecular complexity index is 716. The molecule has 1 aliphatic rings. The third kappa shape index (κ3) is 2.96. The van der Waals surface area contributed by atoms with E-state index in [-0.39, 0.29) is 12.2 Å². The van der Waals surface area contributed by atoms with Gasteiger partial charge in [-0.05, 0) is 13.0 Å². The second-order valence-electron chi connectivity index (χ2n) is 4.83. The van der Waals surface area contributed by atoms with Gasteiger partial charge >= 0.3 is 17.6 Å². The standard InChI is InChI=1S/C13H15F2N3O5/c1-3-8(19)22-6(2)9-10(20)13(14,15)11(23-9)18-5-4-7(16)17-12(18)21/h4-6,11,20H,3H2,1-2H3,(H2,16,17,21)/t6?,11-/m1/s1. The van der Waals surface area contributed by atoms with E-state index in [4.69, 9.17) is 15.2 Å². The second kappa shape index (κ2) is 5.86. The first-order chi connectivity index (χ1) is 10.7. The molecule has 0 amide bonds. The van der Waals surface area contributed by atoms with Crippen molar-refractivity contribution in [1.29, 1.82) is 0 Å². The summed E-state index contributed by atoms with van der Waals surface area (Å²) < 4.78 is 38.7. The van der Waals surface area contributed by atoms with E-state index in [0.29, 0.717) is 4.57 Å². The van der Waals surface area contributed by atoms with Crippen LogP contribution in [0.15, 0.2) is 28.6 Å². The minimum atomic E-state index is -3.90. The number of hydrogen-bond donors (Lipinski definition) is 2. The Morgan fingerprint density at radius 2 is 2.30 bits per heavy atom. The topological polar surface area (TPSA) is 117 Å². The average molecular weight is 331 g/mol. The third-order valence-electron chi connectivity index (χ3n) is 3.17. The number of esters is 1. The number of ether oxygens (including phenoxy) is 2. The molecule has 8 nitrogen and oxygen atoms in total. The Kier molecular flexibility index (Phi) is 4.26. The maximum Gasteiger partial charge on any atom is 0.362 e. The van der Waals surface area contributed by atoms with Crippen LogP contribution in [0.3, 0.4) is 0 Å². The molecule has 1 unspecified atom stereocenters. The summed E-state index contributed by atoms with van der Waals surface area (Å²) in [4.78, 5) is 26.3. The van der Waals surface area contributed by atoms with Gasteiger partial charge in [-0.3, -0.25) is 9.36 Å². The van der Waals surface area contributed by atoms with Gasteiger partial charge in [-0.2, -0.15) is 13.8 Å². The molecule has 1 aromatic rings. The number of aromatic nitrogens is 2. The molecule has 0 aliphatic carbocycles. The number of rotatable bonds is 4. The number of nitrogens with zero attached hydrogens (tertiary/aromatic N) is 2. The summed E-state index contributed by atoms with van der Waals surface area (Å²) in [6.07, 6.45) is -2.39. The zero-order valence-electron chi connectivity index (χ0n) is 12.3. The van der Waals surface area contributed by atoms with Crippen LogP contribution in [-0.2, 0) is 14.3 Å². The predicted octanol–water partition coefficient (Wildman–Crippen LogP) is 1.10. The van der Waals surface area contributed by atoms with Crippen LogP contribution in [0.4, 0.5) is 14.6 Å². The lowest BCUT2D eigenvalue weighted by Gasteiger charge is -2.21. The molecule has 10 heteroatoms. The quantitative estimate of drug-likeness (QED) is 0.793. The van der Waals surface area contributed by atoms with Gasteiger partial charge in [-0.1, -0.05) is 6.92 Å². The van der Waals surface area contributed by atoms with Crippen LogP contribution < -0.4 is 11.4 Å². The second-order valence-corrected chi connectivity index (χ2v) is 4.83. The summed E-state index contributed by atoms with van der Waals surface area (Å²) in [7, 11) is 0. The van der Waals surface area contributed by atoms with E-state index in [0.717, 1.165) is 12.3 Å². The number of aliphatic hydroxyl groups is 1. The van der Waals surface area contributed by atoms with Gasteiger partial charge in [-0.25, -0.2) is 4.79 Å². The first-order valence-electron chi connectivity index (χ1n) is 6.70. The predicted molar refractivity (Wildman–Crippen MR) is 73.5 cm³/mol. The Labute approximate surface area is 129 Å². The minimum Gasteiger partial charge on any atom is -0.504 e. The smallest absolute Gasteiger partial charge is 0.362 e. The van der Waals surface area contributed by atoms with Gasteiger partial charge in [0.2, 0.25) is 5.76 Å². The number of anilines is 1. The third-order valence-corrected chi connectivity index (χ3v) is 3.17. The van der Waals surface area contributed by atoms with Crippen molar-refractivity contribution in [2.75, 3.05) is 5.73 Å². The normalized spacial score (nSPS) is 21.0. The first kappa shape index (κ1) is 16.7. The van der Waals surface area contributed by atoms with Crippen molar-refractivity contribution in [3.05, 3.63) is 34.3 Å². The zero-order valence-corrected chi connectivity index (χ0v) is 12.3. The minimum absolute atomic E-state index is 0.0273. The van der Waals surface area contributed by atoms with Crippen LogP contribution >= 0.6 is 0 Å². The van der Waals surface area contributed by atoms with Gasteiger partial charge in [0.1, 0.15) is 5.82 Å². The van der Waals surface area contributed by atoms with Crippen molar-refractivity contribution in [2.45, 2.75) is 38.5 Å². The zero-order chi connectivity index (χ0) is 17.4. The SMILES string of the molecule is CCC(=O)OC(C)C1=C(O)C(F)(F)[C@H](n2ccc(N)nc2=O)O1. The van der Waals surface area contributed by atoms with Gasteiger partial charge in [0.15, 0.2) is 11.9 Å². The van der Waals surface area contributed by atoms with Gasteiger partial charge in [-0.15, -0.1) is 0 Å². The molecular weight excluding hydrogens is 316 g/mol. The molecule has 0 saturated carbocycles. The number of carbonyl (C=O) groups excluding carboxylic acids is 1. The molecule has 2 atom stereocenters. The molecule has 0 saturated heterocycles. The molecule has 0 spiro atoms. The molecule has 1 aromatic heterocycles. The van der Waals surface area contributed by atoms with E-state index in [9.17, 15) is 23.5 Å². The number of aliphatic hydroxyl groups excluding tert-OH is 1. The van der Waals surface area contributed by atoms with E-state index < -0.39 is 41.4 Å². The average Bonchev–Trinajstić information content (AvgIpc) is 2.70. The Balaban J connectivity index is 2.34. The maximum atomic E-state index is 14.2. The van der Waals surface area contributed by atoms with Crippen molar-refractivity contribution < 1.29 is 28.2 Å². The summed E-state index contributed by atoms with van der Waals surface area (Å²) in [6, 6.07) is 1.14. The Morgan fingerprint density at radius 1 is 1.65 bits per heavy atom. The van der Waals surface area contributed by atoms with Crippen LogP contribution in [0.1, 0.15) is 26.5 Å². The van der Waals surface area contributed by atoms with Crippen molar-refractivity contribution in [3.8, 4) is 0 Å². The number of carbonyl (C=O) groups is 1. The van der Waals surface area contributed by atoms with Gasteiger partial charge in [0.25, 0.3) is 6.23 Å². The lowest BCUT2D eigenvalue weighted by atomic mass is 10.2. The highest BCUT2D eigenvalue weighted by molar-refractivity contribution is 5.69. The monoisotopic (exact) mass is 331 g/mol. The van der Waals surface area contributed by atoms with Crippen LogP contribution in [0.5, 0.6) is 0 Å². The summed E-state index contributed by atoms with van der Waals surface area (Å²) >= 11 is 0. The lowest BCUT2D eigenvalue weighted by molar-refractivity contribution is -0.150. The highest BCUT2D eigenvalue weighted by Crippen LogP contribution is 2.45. The molecule has 2 heterocycles. The van der Waals surface area contributed by atoms with Crippen molar-refractivity contribution in [3.63, 3.8) is 0 Å². The van der Waals surface area contributed by atoms with Crippen molar-refractivity contribution in [1.82, 2.24) is 9.55 Å². The Morgan fingerprint density at radius 3 is 2.87 bits per heavy atom. The molecule has 0 aromatic carbocycles. The number of nitrogens with two attached hydrogens (primary N) is 1. The lowest BCUT2D eigenvalue weighted by Crippen LogP contribution is -2.37. The maximum absolute atomic E-state index is 14.2. The number of hydrogen-bond acceptors (Lipinski definition) is 7. The molecule has 2 rings (SSSR count). The van der Waals surface area contributed by atoms with Crippen molar-refractivity contribution >= 4 is 11.8 Å². The molecule has 0 fully saturated rings. The molecule has 1 aliphatic heterocycles. The summed E-state index contributed by atoms with van der Waals surface area (Å²) in [6.45, 7) is 2.79. The van der Waals surface area contributed by atoms with E-state index in [1.807, 2.05) is 0 Å². The number of halogens is 2. The summed E-state index contributed by atoms with van der Waals surface area (Å²) in [5.74, 6) is -6.72. The highest BCUT2D eigenvalue weighted by atomic mass is 19.3. The molecule has 0 bridgehead atoms. The molecule has 0 radical (unpaired) electrons. The Hall–Kier alpha value is -2.65. The van der Waals surface area contributed by atoms with Crippen LogP contribution in [0, 0.1) is 0 Å². The van der Waals surface area contributed by atoms with Crippen LogP contribution in [0.25, 0.3) is 0 Å². The highest BCUT2D eigenvalue weighted by Gasteiger charge is 2.56. The van der Waals surface area contributed by atoms with E-state index in [1.54, 1.807) is 0 Å². The fourth-order valence-corrected chi connectivity index (χ4v) is 1.99. The van der Waals surface area contributed by atoms with E-state index >= 15 is 0 Å². The summed E-state index contributed by atoms with van der Waals surface area (Å²) in [5, 5.41) is 9.70. The van der Waals surface area contributed by atoms with Gasteiger partial charge in [0.05, 0.1) is 0 Å². The first-order valence-corrected chi connectivity index (χ1v) is 6.70. The molecular formula is C13H15F2N3O5. The van der Waals surface area contributed by atoms with Gasteiger partial charge in [0, 0.05) is 12.6 Å². The largest absolute Gasteiger partial charge is 0.504 e. The fourth-order valence-electron chi connectivity index (χ4n) is 1.99. The van der Waals surface area contributed by atoms with Gasteiger partial charge < -0.3 is 20.3 Å². The van der Waals surface area contributed by atoms with Crippen molar-refractivity contribution in [2.24, 2.45) is 0 Å². The van der Waals surface area contributed by atoms with Crippen LogP contribution in [-0.4, -0.2) is 32.7 Å². The molecule has 3 N–H and O–H groups in total. The summed E-state index contributed by atoms with van der Waals surface area (Å²) in [5.41, 5.74) is 4.23. The fraction of sp³-hybridized carbons (Fsp3) is 0.462. The molecule has 23 heavy (non-hydrogen) atoms. The number of alkyl halides is 2. The van der Waals surface area contributed by atoms with E-state index in [1.165, 1.54) is 13.8 Å². The van der Waals surface area contributed by atoms with E-state index in [2.05, 4.69) is 4.98 Å². The number of nitrogen functional groups attached to an aromatic ring is 1. The molecule has 126 valence electrons. The van der Waals surface area contributed by atoms with Crippen LogP contribution in [0.2, 0.25) is 0 Å².